The Labute approximate surface area is 97.1 Å². The molecule has 0 aliphatic carbocycles. The predicted octanol–water partition coefficient (Wildman–Crippen LogP) is 2.20. The molecule has 0 spiro atoms. The van der Waals surface area contributed by atoms with Gasteiger partial charge in [-0.1, -0.05) is 13.0 Å². The Kier molecular flexibility index (Phi) is 3.44. The normalized spacial score (nSPS) is 25.8. The molecule has 1 N–H and O–H groups in total. The lowest BCUT2D eigenvalue weighted by molar-refractivity contribution is 0.280. The van der Waals surface area contributed by atoms with Crippen LogP contribution in [0.3, 0.4) is 0 Å². The van der Waals surface area contributed by atoms with E-state index in [2.05, 4.69) is 23.7 Å². The number of nitrogens with zero attached hydrogens (tertiary/aromatic N) is 2. The number of hydrogen-bond donors (Lipinski definition) is 1. The third-order valence-electron chi connectivity index (χ3n) is 3.68. The summed E-state index contributed by atoms with van der Waals surface area (Å²) < 4.78 is 0. The molecule has 1 saturated heterocycles. The summed E-state index contributed by atoms with van der Waals surface area (Å²) in [7, 11) is 0. The molecule has 3 heteroatoms. The maximum absolute atomic E-state index is 9.33. The zero-order chi connectivity index (χ0) is 11.5. The van der Waals surface area contributed by atoms with Crippen LogP contribution in [0.25, 0.3) is 0 Å². The number of aliphatic hydroxyl groups is 1. The first-order valence-electron chi connectivity index (χ1n) is 6.05. The van der Waals surface area contributed by atoms with Crippen LogP contribution < -0.4 is 4.90 Å². The zero-order valence-electron chi connectivity index (χ0n) is 10.1. The van der Waals surface area contributed by atoms with Crippen LogP contribution in [0.1, 0.15) is 32.3 Å². The minimum absolute atomic E-state index is 0.0702. The van der Waals surface area contributed by atoms with Crippen LogP contribution in [-0.2, 0) is 6.61 Å². The first-order valence-corrected chi connectivity index (χ1v) is 6.05. The first kappa shape index (κ1) is 11.4. The highest BCUT2D eigenvalue weighted by Gasteiger charge is 2.26. The third-order valence-corrected chi connectivity index (χ3v) is 3.68. The van der Waals surface area contributed by atoms with E-state index >= 15 is 0 Å². The summed E-state index contributed by atoms with van der Waals surface area (Å²) in [5, 5.41) is 9.33. The Morgan fingerprint density at radius 2 is 2.31 bits per heavy atom. The van der Waals surface area contributed by atoms with E-state index in [1.165, 1.54) is 12.8 Å². The monoisotopic (exact) mass is 220 g/mol. The number of rotatable bonds is 2. The molecule has 0 bridgehead atoms. The minimum atomic E-state index is 0.0702. The molecule has 2 heterocycles. The average molecular weight is 220 g/mol. The van der Waals surface area contributed by atoms with Gasteiger partial charge in [0.05, 0.1) is 6.61 Å². The summed E-state index contributed by atoms with van der Waals surface area (Å²) >= 11 is 0. The van der Waals surface area contributed by atoms with E-state index in [-0.39, 0.29) is 6.61 Å². The van der Waals surface area contributed by atoms with Crippen molar-refractivity contribution in [2.45, 2.75) is 39.3 Å². The van der Waals surface area contributed by atoms with Crippen LogP contribution in [0.2, 0.25) is 0 Å². The average Bonchev–Trinajstić information content (AvgIpc) is 2.33. The molecule has 1 aliphatic rings. The molecule has 2 rings (SSSR count). The van der Waals surface area contributed by atoms with Gasteiger partial charge in [0.2, 0.25) is 0 Å². The van der Waals surface area contributed by atoms with Crippen molar-refractivity contribution in [2.75, 3.05) is 11.4 Å². The highest BCUT2D eigenvalue weighted by atomic mass is 16.3. The van der Waals surface area contributed by atoms with Gasteiger partial charge in [-0.25, -0.2) is 4.98 Å². The number of anilines is 1. The Balaban J connectivity index is 2.28. The van der Waals surface area contributed by atoms with Gasteiger partial charge in [-0.05, 0) is 31.7 Å². The summed E-state index contributed by atoms with van der Waals surface area (Å²) in [6.45, 7) is 5.66. The molecular weight excluding hydrogens is 200 g/mol. The van der Waals surface area contributed by atoms with Crippen molar-refractivity contribution in [3.05, 3.63) is 23.9 Å². The molecule has 3 nitrogen and oxygen atoms in total. The molecule has 1 aromatic heterocycles. The van der Waals surface area contributed by atoms with Crippen LogP contribution in [-0.4, -0.2) is 22.7 Å². The van der Waals surface area contributed by atoms with Gasteiger partial charge in [0.25, 0.3) is 0 Å². The molecule has 1 aliphatic heterocycles. The SMILES string of the molecule is CC1CCCN(c2ncccc2CO)C1C. The maximum atomic E-state index is 9.33. The number of hydrogen-bond acceptors (Lipinski definition) is 3. The van der Waals surface area contributed by atoms with Gasteiger partial charge >= 0.3 is 0 Å². The van der Waals surface area contributed by atoms with Crippen molar-refractivity contribution in [3.63, 3.8) is 0 Å². The van der Waals surface area contributed by atoms with E-state index in [0.29, 0.717) is 12.0 Å². The number of piperidine rings is 1. The summed E-state index contributed by atoms with van der Waals surface area (Å²) in [6, 6.07) is 4.34. The van der Waals surface area contributed by atoms with Gasteiger partial charge in [-0.15, -0.1) is 0 Å². The predicted molar refractivity (Wildman–Crippen MR) is 65.4 cm³/mol. The van der Waals surface area contributed by atoms with Crippen molar-refractivity contribution in [3.8, 4) is 0 Å². The molecular formula is C13H20N2O. The molecule has 16 heavy (non-hydrogen) atoms. The fraction of sp³-hybridized carbons (Fsp3) is 0.615. The first-order chi connectivity index (χ1) is 7.74. The molecule has 0 aromatic carbocycles. The molecule has 0 saturated carbocycles. The van der Waals surface area contributed by atoms with Crippen molar-refractivity contribution >= 4 is 5.82 Å². The fourth-order valence-corrected chi connectivity index (χ4v) is 2.45. The standard InChI is InChI=1S/C13H20N2O/c1-10-5-4-8-15(11(10)2)13-12(9-16)6-3-7-14-13/h3,6-7,10-11,16H,4-5,8-9H2,1-2H3. The Morgan fingerprint density at radius 1 is 1.50 bits per heavy atom. The second-order valence-corrected chi connectivity index (χ2v) is 4.70. The number of aliphatic hydroxyl groups excluding tert-OH is 1. The van der Waals surface area contributed by atoms with Gasteiger partial charge < -0.3 is 10.0 Å². The van der Waals surface area contributed by atoms with Crippen molar-refractivity contribution in [1.29, 1.82) is 0 Å². The van der Waals surface area contributed by atoms with Crippen molar-refractivity contribution in [2.24, 2.45) is 5.92 Å². The van der Waals surface area contributed by atoms with E-state index in [1.54, 1.807) is 6.20 Å². The molecule has 2 unspecified atom stereocenters. The van der Waals surface area contributed by atoms with Crippen LogP contribution in [0, 0.1) is 5.92 Å². The fourth-order valence-electron chi connectivity index (χ4n) is 2.45. The van der Waals surface area contributed by atoms with Gasteiger partial charge in [-0.3, -0.25) is 0 Å². The lowest BCUT2D eigenvalue weighted by Gasteiger charge is -2.39. The molecule has 1 aromatic rings. The van der Waals surface area contributed by atoms with Crippen LogP contribution in [0.15, 0.2) is 18.3 Å². The van der Waals surface area contributed by atoms with Gasteiger partial charge in [0, 0.05) is 24.3 Å². The third kappa shape index (κ3) is 2.05. The van der Waals surface area contributed by atoms with Gasteiger partial charge in [-0.2, -0.15) is 0 Å². The smallest absolute Gasteiger partial charge is 0.134 e. The maximum Gasteiger partial charge on any atom is 0.134 e. The van der Waals surface area contributed by atoms with Crippen molar-refractivity contribution in [1.82, 2.24) is 4.98 Å². The Hall–Kier alpha value is -1.09. The molecule has 1 fully saturated rings. The summed E-state index contributed by atoms with van der Waals surface area (Å²) in [5.74, 6) is 1.66. The summed E-state index contributed by atoms with van der Waals surface area (Å²) in [5.41, 5.74) is 0.934. The number of aromatic nitrogens is 1. The van der Waals surface area contributed by atoms with Crippen LogP contribution in [0.5, 0.6) is 0 Å². The topological polar surface area (TPSA) is 36.4 Å². The summed E-state index contributed by atoms with van der Waals surface area (Å²) in [6.07, 6.45) is 4.31. The molecule has 0 radical (unpaired) electrons. The van der Waals surface area contributed by atoms with E-state index < -0.39 is 0 Å². The van der Waals surface area contributed by atoms with Crippen LogP contribution >= 0.6 is 0 Å². The second-order valence-electron chi connectivity index (χ2n) is 4.70. The lowest BCUT2D eigenvalue weighted by Crippen LogP contribution is -2.43. The van der Waals surface area contributed by atoms with E-state index in [4.69, 9.17) is 0 Å². The molecule has 88 valence electrons. The van der Waals surface area contributed by atoms with Crippen molar-refractivity contribution < 1.29 is 5.11 Å². The largest absolute Gasteiger partial charge is 0.392 e. The minimum Gasteiger partial charge on any atom is -0.392 e. The van der Waals surface area contributed by atoms with E-state index in [1.807, 2.05) is 12.1 Å². The molecule has 2 atom stereocenters. The zero-order valence-corrected chi connectivity index (χ0v) is 10.1. The van der Waals surface area contributed by atoms with Crippen LogP contribution in [0.4, 0.5) is 5.82 Å². The highest BCUT2D eigenvalue weighted by Crippen LogP contribution is 2.29. The quantitative estimate of drug-likeness (QED) is 0.830. The Morgan fingerprint density at radius 3 is 3.06 bits per heavy atom. The van der Waals surface area contributed by atoms with Gasteiger partial charge in [0.1, 0.15) is 5.82 Å². The second kappa shape index (κ2) is 4.83. The lowest BCUT2D eigenvalue weighted by atomic mass is 9.92. The Bertz CT molecular complexity index is 354. The summed E-state index contributed by atoms with van der Waals surface area (Å²) in [4.78, 5) is 6.76. The van der Waals surface area contributed by atoms with E-state index in [9.17, 15) is 5.11 Å². The van der Waals surface area contributed by atoms with Gasteiger partial charge in [0.15, 0.2) is 0 Å². The number of pyridine rings is 1. The van der Waals surface area contributed by atoms with E-state index in [0.717, 1.165) is 17.9 Å². The molecule has 0 amide bonds. The highest BCUT2D eigenvalue weighted by molar-refractivity contribution is 5.47.